The third-order valence-electron chi connectivity index (χ3n) is 2.13. The number of aryl methyl sites for hydroxylation is 1. The van der Waals surface area contributed by atoms with Gasteiger partial charge in [0, 0.05) is 0 Å². The molecule has 82 valence electrons. The van der Waals surface area contributed by atoms with Crippen molar-refractivity contribution in [3.05, 3.63) is 22.4 Å². The van der Waals surface area contributed by atoms with Gasteiger partial charge in [0.1, 0.15) is 0 Å². The molecule has 4 nitrogen and oxygen atoms in total. The molecule has 1 aromatic heterocycles. The van der Waals surface area contributed by atoms with E-state index >= 15 is 0 Å². The summed E-state index contributed by atoms with van der Waals surface area (Å²) in [4.78, 5) is 21.1. The molecule has 0 bridgehead atoms. The van der Waals surface area contributed by atoms with Crippen LogP contribution in [0.25, 0.3) is 0 Å². The number of rotatable bonds is 6. The van der Waals surface area contributed by atoms with Crippen LogP contribution in [0.3, 0.4) is 0 Å². The molecule has 0 saturated carbocycles. The largest absolute Gasteiger partial charge is 0.481 e. The average molecular weight is 228 g/mol. The Kier molecular flexibility index (Phi) is 4.30. The van der Waals surface area contributed by atoms with Gasteiger partial charge in [-0.25, -0.2) is 0 Å². The highest BCUT2D eigenvalue weighted by molar-refractivity contribution is 7.07. The molecule has 0 fully saturated rings. The fraction of sp³-hybridized carbons (Fsp3) is 0.400. The molecular weight excluding hydrogens is 216 g/mol. The first kappa shape index (κ1) is 11.7. The summed E-state index contributed by atoms with van der Waals surface area (Å²) in [6.07, 6.45) is 1.50. The monoisotopic (exact) mass is 228 g/mol. The normalized spacial score (nSPS) is 10.5. The summed E-state index contributed by atoms with van der Waals surface area (Å²) in [6, 6.07) is 1.96. The molecule has 1 aromatic rings. The number of carbonyl (C=O) groups is 2. The molecule has 1 heterocycles. The lowest BCUT2D eigenvalue weighted by Gasteiger charge is -2.05. The molecular formula is C10H12O4S. The molecule has 0 aromatic carbocycles. The van der Waals surface area contributed by atoms with Crippen molar-refractivity contribution >= 4 is 23.3 Å². The molecule has 0 spiro atoms. The summed E-state index contributed by atoms with van der Waals surface area (Å²) in [6.45, 7) is 0. The van der Waals surface area contributed by atoms with Crippen LogP contribution in [0, 0.1) is 5.92 Å². The van der Waals surface area contributed by atoms with Crippen molar-refractivity contribution < 1.29 is 19.8 Å². The molecule has 0 saturated heterocycles. The lowest BCUT2D eigenvalue weighted by molar-refractivity contribution is -0.154. The Morgan fingerprint density at radius 3 is 2.47 bits per heavy atom. The first-order chi connectivity index (χ1) is 7.11. The molecule has 15 heavy (non-hydrogen) atoms. The predicted molar refractivity (Wildman–Crippen MR) is 56.0 cm³/mol. The van der Waals surface area contributed by atoms with Gasteiger partial charge in [-0.2, -0.15) is 11.3 Å². The minimum Gasteiger partial charge on any atom is -0.481 e. The number of carboxylic acids is 2. The van der Waals surface area contributed by atoms with E-state index in [4.69, 9.17) is 10.2 Å². The van der Waals surface area contributed by atoms with Gasteiger partial charge in [-0.05, 0) is 41.7 Å². The lowest BCUT2D eigenvalue weighted by Crippen LogP contribution is -2.23. The van der Waals surface area contributed by atoms with Crippen molar-refractivity contribution in [3.8, 4) is 0 Å². The maximum atomic E-state index is 10.6. The molecule has 0 aliphatic rings. The molecule has 5 heteroatoms. The van der Waals surface area contributed by atoms with Crippen molar-refractivity contribution in [2.75, 3.05) is 0 Å². The van der Waals surface area contributed by atoms with Gasteiger partial charge in [-0.1, -0.05) is 0 Å². The van der Waals surface area contributed by atoms with Crippen molar-refractivity contribution in [1.82, 2.24) is 0 Å². The van der Waals surface area contributed by atoms with E-state index in [9.17, 15) is 9.59 Å². The molecule has 0 aliphatic carbocycles. The van der Waals surface area contributed by atoms with Gasteiger partial charge >= 0.3 is 11.9 Å². The summed E-state index contributed by atoms with van der Waals surface area (Å²) >= 11 is 1.58. The van der Waals surface area contributed by atoms with E-state index in [0.717, 1.165) is 12.0 Å². The number of carboxylic acid groups (broad SMARTS) is 2. The summed E-state index contributed by atoms with van der Waals surface area (Å²) in [5.41, 5.74) is 1.13. The summed E-state index contributed by atoms with van der Waals surface area (Å²) < 4.78 is 0. The number of thiophene rings is 1. The molecule has 0 unspecified atom stereocenters. The third kappa shape index (κ3) is 3.71. The van der Waals surface area contributed by atoms with E-state index in [1.165, 1.54) is 0 Å². The molecule has 0 aliphatic heterocycles. The van der Waals surface area contributed by atoms with E-state index in [1.807, 2.05) is 16.8 Å². The zero-order valence-electron chi connectivity index (χ0n) is 8.05. The quantitative estimate of drug-likeness (QED) is 0.729. The van der Waals surface area contributed by atoms with Crippen LogP contribution in [0.5, 0.6) is 0 Å². The zero-order valence-corrected chi connectivity index (χ0v) is 8.87. The second-order valence-corrected chi connectivity index (χ2v) is 4.03. The summed E-state index contributed by atoms with van der Waals surface area (Å²) in [7, 11) is 0. The minimum absolute atomic E-state index is 0.181. The Morgan fingerprint density at radius 1 is 1.33 bits per heavy atom. The molecule has 0 radical (unpaired) electrons. The highest BCUT2D eigenvalue weighted by Crippen LogP contribution is 2.13. The van der Waals surface area contributed by atoms with Crippen LogP contribution in [0.1, 0.15) is 18.4 Å². The smallest absolute Gasteiger partial charge is 0.317 e. The van der Waals surface area contributed by atoms with E-state index in [1.54, 1.807) is 11.3 Å². The second-order valence-electron chi connectivity index (χ2n) is 3.25. The Hall–Kier alpha value is -1.36. The van der Waals surface area contributed by atoms with Gasteiger partial charge in [-0.15, -0.1) is 0 Å². The molecule has 1 rings (SSSR count). The Balaban J connectivity index is 2.35. The standard InChI is InChI=1S/C10H12O4S/c11-9(12)8(10(13)14)3-1-2-7-4-5-15-6-7/h4-6,8H,1-3H2,(H,11,12)(H,13,14). The Bertz CT molecular complexity index is 317. The van der Waals surface area contributed by atoms with Gasteiger partial charge in [0.15, 0.2) is 5.92 Å². The fourth-order valence-corrected chi connectivity index (χ4v) is 2.00. The van der Waals surface area contributed by atoms with Gasteiger partial charge in [0.2, 0.25) is 0 Å². The molecule has 0 amide bonds. The van der Waals surface area contributed by atoms with Crippen LogP contribution < -0.4 is 0 Å². The van der Waals surface area contributed by atoms with Crippen LogP contribution in [-0.4, -0.2) is 22.2 Å². The van der Waals surface area contributed by atoms with Crippen LogP contribution in [0.2, 0.25) is 0 Å². The second kappa shape index (κ2) is 5.50. The summed E-state index contributed by atoms with van der Waals surface area (Å²) in [5, 5.41) is 21.2. The number of aliphatic carboxylic acids is 2. The maximum absolute atomic E-state index is 10.6. The van der Waals surface area contributed by atoms with Crippen molar-refractivity contribution in [1.29, 1.82) is 0 Å². The van der Waals surface area contributed by atoms with Gasteiger partial charge < -0.3 is 10.2 Å². The number of hydrogen-bond acceptors (Lipinski definition) is 3. The minimum atomic E-state index is -1.27. The molecule has 0 atom stereocenters. The topological polar surface area (TPSA) is 74.6 Å². The van der Waals surface area contributed by atoms with Crippen LogP contribution >= 0.6 is 11.3 Å². The first-order valence-electron chi connectivity index (χ1n) is 4.58. The van der Waals surface area contributed by atoms with E-state index in [2.05, 4.69) is 0 Å². The summed E-state index contributed by atoms with van der Waals surface area (Å²) in [5.74, 6) is -3.79. The van der Waals surface area contributed by atoms with Gasteiger partial charge in [0.25, 0.3) is 0 Å². The predicted octanol–water partition coefficient (Wildman–Crippen LogP) is 1.86. The lowest BCUT2D eigenvalue weighted by atomic mass is 10.0. The van der Waals surface area contributed by atoms with Gasteiger partial charge in [-0.3, -0.25) is 9.59 Å². The Labute approximate surface area is 91.2 Å². The van der Waals surface area contributed by atoms with Crippen molar-refractivity contribution in [2.45, 2.75) is 19.3 Å². The van der Waals surface area contributed by atoms with Crippen LogP contribution in [-0.2, 0) is 16.0 Å². The van der Waals surface area contributed by atoms with Crippen molar-refractivity contribution in [3.63, 3.8) is 0 Å². The fourth-order valence-electron chi connectivity index (χ4n) is 1.30. The zero-order chi connectivity index (χ0) is 11.3. The first-order valence-corrected chi connectivity index (χ1v) is 5.52. The highest BCUT2D eigenvalue weighted by Gasteiger charge is 2.24. The van der Waals surface area contributed by atoms with E-state index in [-0.39, 0.29) is 6.42 Å². The highest BCUT2D eigenvalue weighted by atomic mass is 32.1. The molecule has 2 N–H and O–H groups in total. The average Bonchev–Trinajstić information content (AvgIpc) is 2.63. The van der Waals surface area contributed by atoms with E-state index < -0.39 is 17.9 Å². The van der Waals surface area contributed by atoms with Crippen LogP contribution in [0.15, 0.2) is 16.8 Å². The SMILES string of the molecule is O=C(O)C(CCCc1ccsc1)C(=O)O. The third-order valence-corrected chi connectivity index (χ3v) is 2.87. The maximum Gasteiger partial charge on any atom is 0.317 e. The van der Waals surface area contributed by atoms with Crippen molar-refractivity contribution in [2.24, 2.45) is 5.92 Å². The number of hydrogen-bond donors (Lipinski definition) is 2. The van der Waals surface area contributed by atoms with Crippen LogP contribution in [0.4, 0.5) is 0 Å². The Morgan fingerprint density at radius 2 is 2.00 bits per heavy atom. The van der Waals surface area contributed by atoms with E-state index in [0.29, 0.717) is 6.42 Å². The van der Waals surface area contributed by atoms with Gasteiger partial charge in [0.05, 0.1) is 0 Å².